The normalized spacial score (nSPS) is 17.6. The third-order valence-electron chi connectivity index (χ3n) is 7.28. The molecular formula is C30H35N3O4S. The number of nitrogens with one attached hydrogen (secondary N) is 2. The molecule has 3 aromatic rings. The Labute approximate surface area is 225 Å². The van der Waals surface area contributed by atoms with E-state index in [4.69, 9.17) is 0 Å². The van der Waals surface area contributed by atoms with Gasteiger partial charge in [0.15, 0.2) is 0 Å². The molecule has 0 saturated carbocycles. The highest BCUT2D eigenvalue weighted by Gasteiger charge is 2.50. The number of amides is 2. The molecule has 1 saturated heterocycles. The van der Waals surface area contributed by atoms with Crippen molar-refractivity contribution in [1.29, 1.82) is 0 Å². The summed E-state index contributed by atoms with van der Waals surface area (Å²) in [6, 6.07) is 19.8. The Morgan fingerprint density at radius 1 is 0.947 bits per heavy atom. The second-order valence-corrected chi connectivity index (χ2v) is 13.2. The Kier molecular flexibility index (Phi) is 7.50. The molecule has 7 nitrogen and oxygen atoms in total. The quantitative estimate of drug-likeness (QED) is 0.437. The first-order chi connectivity index (χ1) is 17.8. The third kappa shape index (κ3) is 5.51. The zero-order chi connectivity index (χ0) is 27.7. The number of carbonyl (C=O) groups is 2. The average molecular weight is 534 g/mol. The number of sulfonamides is 1. The van der Waals surface area contributed by atoms with Crippen LogP contribution in [0.4, 0.5) is 0 Å². The minimum atomic E-state index is -3.81. The Balaban J connectivity index is 1.48. The van der Waals surface area contributed by atoms with Gasteiger partial charge >= 0.3 is 0 Å². The molecule has 0 bridgehead atoms. The van der Waals surface area contributed by atoms with Crippen LogP contribution in [0.3, 0.4) is 0 Å². The van der Waals surface area contributed by atoms with Gasteiger partial charge in [-0.3, -0.25) is 9.59 Å². The summed E-state index contributed by atoms with van der Waals surface area (Å²) in [5, 5.41) is 8.11. The minimum Gasteiger partial charge on any atom is -0.349 e. The monoisotopic (exact) mass is 533 g/mol. The Morgan fingerprint density at radius 3 is 2.18 bits per heavy atom. The van der Waals surface area contributed by atoms with E-state index < -0.39 is 20.9 Å². The zero-order valence-corrected chi connectivity index (χ0v) is 23.1. The van der Waals surface area contributed by atoms with Gasteiger partial charge in [0.05, 0.1) is 4.90 Å². The number of hydrogen-bond donors (Lipinski definition) is 2. The summed E-state index contributed by atoms with van der Waals surface area (Å²) in [6.45, 7) is 12.2. The maximum Gasteiger partial charge on any atom is 0.251 e. The molecular weight excluding hydrogens is 498 g/mol. The van der Waals surface area contributed by atoms with Gasteiger partial charge in [-0.2, -0.15) is 4.31 Å². The topological polar surface area (TPSA) is 95.6 Å². The highest BCUT2D eigenvalue weighted by molar-refractivity contribution is 7.89. The molecule has 1 aliphatic heterocycles. The van der Waals surface area contributed by atoms with Crippen LogP contribution in [0.1, 0.15) is 43.6 Å². The van der Waals surface area contributed by atoms with Crippen LogP contribution in [0.5, 0.6) is 0 Å². The summed E-state index contributed by atoms with van der Waals surface area (Å²) in [5.41, 5.74) is 0.355. The van der Waals surface area contributed by atoms with Crippen molar-refractivity contribution in [3.63, 3.8) is 0 Å². The standard InChI is InChI=1S/C30H35N3O4S/c1-6-26(34)32-28-29(2,3)19-33(20-30(28,4)5)38(36,37)24-16-14-22(15-17-24)27(35)31-18-23-12-9-11-21-10-7-8-13-25(21)23/h6-17,28H,1,18-20H2,2-5H3,(H,31,35)(H,32,34). The molecule has 1 aliphatic rings. The van der Waals surface area contributed by atoms with Crippen LogP contribution in [0.15, 0.2) is 84.3 Å². The van der Waals surface area contributed by atoms with E-state index in [1.165, 1.54) is 22.5 Å². The number of nitrogens with zero attached hydrogens (tertiary/aromatic N) is 1. The SMILES string of the molecule is C=CC(=O)NC1C(C)(C)CN(S(=O)(=O)c2ccc(C(=O)NCc3cccc4ccccc34)cc2)CC1(C)C. The molecule has 0 radical (unpaired) electrons. The lowest BCUT2D eigenvalue weighted by molar-refractivity contribution is -0.120. The molecule has 4 rings (SSSR count). The van der Waals surface area contributed by atoms with E-state index in [-0.39, 0.29) is 35.8 Å². The van der Waals surface area contributed by atoms with Crippen molar-refractivity contribution >= 4 is 32.6 Å². The van der Waals surface area contributed by atoms with Gasteiger partial charge in [-0.05, 0) is 57.5 Å². The molecule has 0 spiro atoms. The molecule has 38 heavy (non-hydrogen) atoms. The number of benzene rings is 3. The van der Waals surface area contributed by atoms with E-state index in [9.17, 15) is 18.0 Å². The second kappa shape index (κ2) is 10.3. The van der Waals surface area contributed by atoms with E-state index in [1.807, 2.05) is 70.2 Å². The first kappa shape index (κ1) is 27.5. The number of hydrogen-bond acceptors (Lipinski definition) is 4. The van der Waals surface area contributed by atoms with Crippen molar-refractivity contribution in [3.05, 3.63) is 90.5 Å². The lowest BCUT2D eigenvalue weighted by Crippen LogP contribution is -2.64. The summed E-state index contributed by atoms with van der Waals surface area (Å²) in [4.78, 5) is 25.0. The largest absolute Gasteiger partial charge is 0.349 e. The van der Waals surface area contributed by atoms with Gasteiger partial charge < -0.3 is 10.6 Å². The van der Waals surface area contributed by atoms with Crippen LogP contribution in [-0.2, 0) is 21.4 Å². The van der Waals surface area contributed by atoms with Crippen molar-refractivity contribution in [1.82, 2.24) is 14.9 Å². The van der Waals surface area contributed by atoms with Gasteiger partial charge in [0, 0.05) is 31.2 Å². The number of fused-ring (bicyclic) bond motifs is 1. The van der Waals surface area contributed by atoms with E-state index in [0.717, 1.165) is 16.3 Å². The Morgan fingerprint density at radius 2 is 1.55 bits per heavy atom. The van der Waals surface area contributed by atoms with Gasteiger partial charge in [-0.25, -0.2) is 8.42 Å². The fraction of sp³-hybridized carbons (Fsp3) is 0.333. The Bertz CT molecular complexity index is 1450. The number of rotatable bonds is 7. The molecule has 0 unspecified atom stereocenters. The van der Waals surface area contributed by atoms with Gasteiger partial charge in [0.2, 0.25) is 15.9 Å². The predicted molar refractivity (Wildman–Crippen MR) is 150 cm³/mol. The molecule has 3 aromatic carbocycles. The molecule has 8 heteroatoms. The maximum absolute atomic E-state index is 13.6. The van der Waals surface area contributed by atoms with Crippen LogP contribution in [0.2, 0.25) is 0 Å². The Hall–Kier alpha value is -3.49. The predicted octanol–water partition coefficient (Wildman–Crippen LogP) is 4.50. The van der Waals surface area contributed by atoms with E-state index in [0.29, 0.717) is 12.1 Å². The second-order valence-electron chi connectivity index (χ2n) is 11.2. The highest BCUT2D eigenvalue weighted by atomic mass is 32.2. The van der Waals surface area contributed by atoms with E-state index in [2.05, 4.69) is 17.2 Å². The van der Waals surface area contributed by atoms with Crippen LogP contribution >= 0.6 is 0 Å². The van der Waals surface area contributed by atoms with Crippen molar-refractivity contribution in [2.75, 3.05) is 13.1 Å². The molecule has 0 atom stereocenters. The van der Waals surface area contributed by atoms with Crippen molar-refractivity contribution in [2.45, 2.75) is 45.2 Å². The van der Waals surface area contributed by atoms with Gasteiger partial charge in [0.1, 0.15) is 0 Å². The van der Waals surface area contributed by atoms with Crippen LogP contribution in [-0.4, -0.2) is 43.7 Å². The fourth-order valence-corrected chi connectivity index (χ4v) is 7.40. The van der Waals surface area contributed by atoms with E-state index in [1.54, 1.807) is 12.1 Å². The smallest absolute Gasteiger partial charge is 0.251 e. The summed E-state index contributed by atoms with van der Waals surface area (Å²) in [7, 11) is -3.81. The summed E-state index contributed by atoms with van der Waals surface area (Å²) < 4.78 is 28.6. The number of piperidine rings is 1. The van der Waals surface area contributed by atoms with Crippen molar-refractivity contribution in [2.24, 2.45) is 10.8 Å². The van der Waals surface area contributed by atoms with Gasteiger partial charge in [0.25, 0.3) is 5.91 Å². The number of carbonyl (C=O) groups excluding carboxylic acids is 2. The molecule has 2 N–H and O–H groups in total. The summed E-state index contributed by atoms with van der Waals surface area (Å²) in [5.74, 6) is -0.551. The molecule has 1 heterocycles. The van der Waals surface area contributed by atoms with E-state index >= 15 is 0 Å². The molecule has 1 fully saturated rings. The zero-order valence-electron chi connectivity index (χ0n) is 22.3. The van der Waals surface area contributed by atoms with Crippen LogP contribution < -0.4 is 10.6 Å². The molecule has 200 valence electrons. The summed E-state index contributed by atoms with van der Waals surface area (Å²) >= 11 is 0. The fourth-order valence-electron chi connectivity index (χ4n) is 5.62. The van der Waals surface area contributed by atoms with Crippen LogP contribution in [0.25, 0.3) is 10.8 Å². The lowest BCUT2D eigenvalue weighted by atomic mass is 9.67. The maximum atomic E-state index is 13.6. The third-order valence-corrected chi connectivity index (χ3v) is 9.08. The van der Waals surface area contributed by atoms with Crippen molar-refractivity contribution in [3.8, 4) is 0 Å². The molecule has 2 amide bonds. The first-order valence-electron chi connectivity index (χ1n) is 12.6. The molecule has 0 aliphatic carbocycles. The highest BCUT2D eigenvalue weighted by Crippen LogP contribution is 2.42. The average Bonchev–Trinajstić information content (AvgIpc) is 2.88. The van der Waals surface area contributed by atoms with Gasteiger partial charge in [-0.15, -0.1) is 0 Å². The van der Waals surface area contributed by atoms with Crippen molar-refractivity contribution < 1.29 is 18.0 Å². The summed E-state index contributed by atoms with van der Waals surface area (Å²) in [6.07, 6.45) is 1.23. The minimum absolute atomic E-state index is 0.128. The lowest BCUT2D eigenvalue weighted by Gasteiger charge is -2.52. The molecule has 0 aromatic heterocycles. The van der Waals surface area contributed by atoms with Gasteiger partial charge in [-0.1, -0.05) is 76.7 Å². The van der Waals surface area contributed by atoms with Crippen LogP contribution in [0, 0.1) is 10.8 Å². The first-order valence-corrected chi connectivity index (χ1v) is 14.1.